The lowest BCUT2D eigenvalue weighted by molar-refractivity contribution is -0.177. The number of hydrogen-bond donors (Lipinski definition) is 1. The molecule has 0 radical (unpaired) electrons. The van der Waals surface area contributed by atoms with Crippen molar-refractivity contribution in [1.29, 1.82) is 0 Å². The summed E-state index contributed by atoms with van der Waals surface area (Å²) in [6.45, 7) is -1.80. The molecular weight excluding hydrogens is 265 g/mol. The molecule has 0 atom stereocenters. The van der Waals surface area contributed by atoms with Crippen LogP contribution in [0.5, 0.6) is 5.75 Å². The summed E-state index contributed by atoms with van der Waals surface area (Å²) in [5.41, 5.74) is 0.303. The van der Waals surface area contributed by atoms with Gasteiger partial charge in [0.2, 0.25) is 0 Å². The quantitative estimate of drug-likeness (QED) is 0.927. The van der Waals surface area contributed by atoms with Crippen molar-refractivity contribution in [2.45, 2.75) is 12.8 Å². The third-order valence-corrected chi connectivity index (χ3v) is 2.10. The molecule has 0 spiro atoms. The molecule has 5 nitrogen and oxygen atoms in total. The molecule has 0 amide bonds. The van der Waals surface area contributed by atoms with Crippen molar-refractivity contribution in [1.82, 2.24) is 10.1 Å². The second-order valence-corrected chi connectivity index (χ2v) is 3.64. The second-order valence-electron chi connectivity index (χ2n) is 3.64. The molecule has 0 saturated heterocycles. The van der Waals surface area contributed by atoms with Gasteiger partial charge in [-0.2, -0.15) is 18.2 Å². The third kappa shape index (κ3) is 3.68. The molecule has 0 bridgehead atoms. The number of phenols is 1. The van der Waals surface area contributed by atoms with E-state index in [1.165, 1.54) is 6.07 Å². The van der Waals surface area contributed by atoms with Gasteiger partial charge < -0.3 is 14.4 Å². The Balaban J connectivity index is 2.02. The molecule has 1 heterocycles. The summed E-state index contributed by atoms with van der Waals surface area (Å²) in [6.07, 6.45) is -4.40. The monoisotopic (exact) mass is 274 g/mol. The predicted octanol–water partition coefficient (Wildman–Crippen LogP) is 2.52. The molecule has 19 heavy (non-hydrogen) atoms. The number of alkyl halides is 3. The number of aromatic hydroxyl groups is 1. The SMILES string of the molecule is Oc1ccccc1-c1nc(COCC(F)(F)F)no1. The van der Waals surface area contributed by atoms with Crippen LogP contribution in [0.15, 0.2) is 28.8 Å². The summed E-state index contributed by atoms with van der Waals surface area (Å²) in [6, 6.07) is 6.24. The summed E-state index contributed by atoms with van der Waals surface area (Å²) < 4.78 is 44.8. The number of phenolic OH excluding ortho intramolecular Hbond substituents is 1. The predicted molar refractivity (Wildman–Crippen MR) is 57.1 cm³/mol. The van der Waals surface area contributed by atoms with Crippen LogP contribution in [0.1, 0.15) is 5.82 Å². The first-order valence-corrected chi connectivity index (χ1v) is 5.21. The Morgan fingerprint density at radius 2 is 2.00 bits per heavy atom. The van der Waals surface area contributed by atoms with Crippen molar-refractivity contribution in [3.05, 3.63) is 30.1 Å². The van der Waals surface area contributed by atoms with Gasteiger partial charge in [-0.05, 0) is 12.1 Å². The van der Waals surface area contributed by atoms with Crippen molar-refractivity contribution in [2.24, 2.45) is 0 Å². The van der Waals surface area contributed by atoms with Crippen LogP contribution >= 0.6 is 0 Å². The first-order valence-electron chi connectivity index (χ1n) is 5.21. The number of nitrogens with zero attached hydrogens (tertiary/aromatic N) is 2. The molecule has 1 aromatic carbocycles. The average molecular weight is 274 g/mol. The molecule has 102 valence electrons. The number of ether oxygens (including phenoxy) is 1. The van der Waals surface area contributed by atoms with Crippen LogP contribution in [0.25, 0.3) is 11.5 Å². The van der Waals surface area contributed by atoms with Gasteiger partial charge in [0.25, 0.3) is 5.89 Å². The van der Waals surface area contributed by atoms with Crippen LogP contribution in [0, 0.1) is 0 Å². The Bertz CT molecular complexity index is 554. The van der Waals surface area contributed by atoms with E-state index in [0.717, 1.165) is 0 Å². The van der Waals surface area contributed by atoms with Crippen LogP contribution in [0.4, 0.5) is 13.2 Å². The van der Waals surface area contributed by atoms with Crippen LogP contribution < -0.4 is 0 Å². The maximum absolute atomic E-state index is 11.9. The van der Waals surface area contributed by atoms with E-state index in [9.17, 15) is 18.3 Å². The van der Waals surface area contributed by atoms with Gasteiger partial charge in [0.1, 0.15) is 19.0 Å². The molecule has 0 aliphatic heterocycles. The molecule has 1 N–H and O–H groups in total. The zero-order chi connectivity index (χ0) is 13.9. The molecular formula is C11H9F3N2O3. The number of aromatic nitrogens is 2. The first kappa shape index (κ1) is 13.3. The Kier molecular flexibility index (Phi) is 3.70. The van der Waals surface area contributed by atoms with E-state index in [1.807, 2.05) is 0 Å². The van der Waals surface area contributed by atoms with E-state index >= 15 is 0 Å². The van der Waals surface area contributed by atoms with Gasteiger partial charge in [-0.25, -0.2) is 0 Å². The standard InChI is InChI=1S/C11H9F3N2O3/c12-11(13,14)6-18-5-9-15-10(19-16-9)7-3-1-2-4-8(7)17/h1-4,17H,5-6H2. The molecule has 0 aliphatic rings. The fourth-order valence-electron chi connectivity index (χ4n) is 1.33. The first-order chi connectivity index (χ1) is 8.96. The third-order valence-electron chi connectivity index (χ3n) is 2.10. The molecule has 1 aromatic heterocycles. The van der Waals surface area contributed by atoms with Crippen LogP contribution in [0.2, 0.25) is 0 Å². The summed E-state index contributed by atoms with van der Waals surface area (Å²) in [4.78, 5) is 3.83. The van der Waals surface area contributed by atoms with Gasteiger partial charge in [-0.3, -0.25) is 0 Å². The Hall–Kier alpha value is -2.09. The van der Waals surface area contributed by atoms with Gasteiger partial charge in [0, 0.05) is 0 Å². The number of benzene rings is 1. The number of para-hydroxylation sites is 1. The van der Waals surface area contributed by atoms with Crippen LogP contribution in [-0.2, 0) is 11.3 Å². The summed E-state index contributed by atoms with van der Waals surface area (Å²) in [5.74, 6) is -0.0693. The van der Waals surface area contributed by atoms with E-state index < -0.39 is 19.4 Å². The van der Waals surface area contributed by atoms with Gasteiger partial charge in [-0.1, -0.05) is 17.3 Å². The highest BCUT2D eigenvalue weighted by molar-refractivity contribution is 5.61. The van der Waals surface area contributed by atoms with Crippen molar-refractivity contribution < 1.29 is 27.5 Å². The molecule has 2 aromatic rings. The Morgan fingerprint density at radius 1 is 1.26 bits per heavy atom. The van der Waals surface area contributed by atoms with E-state index in [1.54, 1.807) is 18.2 Å². The number of halogens is 3. The minimum absolute atomic E-state index is 0.0173. The van der Waals surface area contributed by atoms with Gasteiger partial charge in [0.05, 0.1) is 5.56 Å². The van der Waals surface area contributed by atoms with E-state index in [2.05, 4.69) is 14.9 Å². The lowest BCUT2D eigenvalue weighted by Gasteiger charge is -2.04. The molecule has 0 fully saturated rings. The van der Waals surface area contributed by atoms with E-state index in [0.29, 0.717) is 5.56 Å². The highest BCUT2D eigenvalue weighted by atomic mass is 19.4. The van der Waals surface area contributed by atoms with E-state index in [-0.39, 0.29) is 17.5 Å². The van der Waals surface area contributed by atoms with Gasteiger partial charge >= 0.3 is 6.18 Å². The maximum atomic E-state index is 11.9. The lowest BCUT2D eigenvalue weighted by Crippen LogP contribution is -2.16. The topological polar surface area (TPSA) is 68.4 Å². The summed E-state index contributed by atoms with van der Waals surface area (Å²) in [7, 11) is 0. The Labute approximate surface area is 105 Å². The van der Waals surface area contributed by atoms with E-state index in [4.69, 9.17) is 4.52 Å². The van der Waals surface area contributed by atoms with Crippen LogP contribution in [-0.4, -0.2) is 28.0 Å². The normalized spacial score (nSPS) is 11.7. The summed E-state index contributed by atoms with van der Waals surface area (Å²) >= 11 is 0. The average Bonchev–Trinajstić information content (AvgIpc) is 2.76. The maximum Gasteiger partial charge on any atom is 0.411 e. The van der Waals surface area contributed by atoms with Gasteiger partial charge in [0.15, 0.2) is 5.82 Å². The van der Waals surface area contributed by atoms with Crippen molar-refractivity contribution in [2.75, 3.05) is 6.61 Å². The molecule has 0 aliphatic carbocycles. The fourth-order valence-corrected chi connectivity index (χ4v) is 1.33. The van der Waals surface area contributed by atoms with Crippen molar-refractivity contribution >= 4 is 0 Å². The zero-order valence-corrected chi connectivity index (χ0v) is 9.52. The number of rotatable bonds is 4. The largest absolute Gasteiger partial charge is 0.507 e. The zero-order valence-electron chi connectivity index (χ0n) is 9.52. The van der Waals surface area contributed by atoms with Crippen molar-refractivity contribution in [3.8, 4) is 17.2 Å². The molecule has 0 saturated carbocycles. The fraction of sp³-hybridized carbons (Fsp3) is 0.273. The second kappa shape index (κ2) is 5.27. The number of hydrogen-bond acceptors (Lipinski definition) is 5. The molecule has 8 heteroatoms. The minimum Gasteiger partial charge on any atom is -0.507 e. The Morgan fingerprint density at radius 3 is 2.68 bits per heavy atom. The smallest absolute Gasteiger partial charge is 0.411 e. The van der Waals surface area contributed by atoms with Crippen LogP contribution in [0.3, 0.4) is 0 Å². The highest BCUT2D eigenvalue weighted by Gasteiger charge is 2.27. The highest BCUT2D eigenvalue weighted by Crippen LogP contribution is 2.27. The summed E-state index contributed by atoms with van der Waals surface area (Å²) in [5, 5.41) is 13.0. The van der Waals surface area contributed by atoms with Crippen molar-refractivity contribution in [3.63, 3.8) is 0 Å². The molecule has 0 unspecified atom stereocenters. The molecule has 2 rings (SSSR count). The van der Waals surface area contributed by atoms with Gasteiger partial charge in [-0.15, -0.1) is 0 Å². The lowest BCUT2D eigenvalue weighted by atomic mass is 10.2. The minimum atomic E-state index is -4.40.